The summed E-state index contributed by atoms with van der Waals surface area (Å²) in [5.41, 5.74) is 10.1. The number of benzene rings is 3. The molecule has 5 heteroatoms. The zero-order valence-electron chi connectivity index (χ0n) is 23.9. The van der Waals surface area contributed by atoms with Crippen molar-refractivity contribution in [3.63, 3.8) is 0 Å². The minimum atomic E-state index is -2.60. The second-order valence-corrected chi connectivity index (χ2v) is 15.6. The van der Waals surface area contributed by atoms with Crippen molar-refractivity contribution >= 4 is 23.6 Å². The molecule has 0 spiro atoms. The standard InChI is InChI=1S/C33H39Si.3ClH.Ti/c1-9-28-19-29(10-2)21-32(20-28)34(30-14-12-11-13-15-30,31-17-23(3)16-24(4)18-31)33(8)22-25(5)26(6)27(33)7;;;;/h11-21H,9-10H2,1-8H3;3*1H;/q;;;;+3/p-3. The summed E-state index contributed by atoms with van der Waals surface area (Å²) in [7, 11) is -2.60. The van der Waals surface area contributed by atoms with Gasteiger partial charge in [-0.25, -0.2) is 0 Å². The number of aryl methyl sites for hydroxylation is 4. The first-order valence-electron chi connectivity index (χ1n) is 13.0. The molecule has 0 fully saturated rings. The fourth-order valence-electron chi connectivity index (χ4n) is 6.51. The van der Waals surface area contributed by atoms with Gasteiger partial charge in [-0.05, 0) is 0 Å². The van der Waals surface area contributed by atoms with Gasteiger partial charge in [0.1, 0.15) is 0 Å². The van der Waals surface area contributed by atoms with E-state index in [1.54, 1.807) is 14.6 Å². The molecule has 1 aliphatic carbocycles. The third-order valence-electron chi connectivity index (χ3n) is 8.66. The molecule has 0 saturated heterocycles. The van der Waals surface area contributed by atoms with E-state index in [0.717, 1.165) is 12.8 Å². The molecule has 2 unspecified atom stereocenters. The summed E-state index contributed by atoms with van der Waals surface area (Å²) in [5, 5.41) is 4.53. The normalized spacial score (nSPS) is 18.4. The number of rotatable bonds is 6. The summed E-state index contributed by atoms with van der Waals surface area (Å²) in [5.74, 6) is 0. The molecular weight excluding hydrogens is 579 g/mol. The van der Waals surface area contributed by atoms with Gasteiger partial charge in [-0.1, -0.05) is 0 Å². The molecule has 0 saturated carbocycles. The van der Waals surface area contributed by atoms with Gasteiger partial charge in [0.2, 0.25) is 0 Å². The minimum Gasteiger partial charge on any atom is -1.00 e. The van der Waals surface area contributed by atoms with Gasteiger partial charge < -0.3 is 37.2 Å². The van der Waals surface area contributed by atoms with Crippen LogP contribution in [0.5, 0.6) is 0 Å². The Morgan fingerprint density at radius 3 is 1.53 bits per heavy atom. The molecule has 1 aliphatic rings. The van der Waals surface area contributed by atoms with Crippen LogP contribution in [0, 0.1) is 13.8 Å². The Morgan fingerprint density at radius 2 is 1.11 bits per heavy atom. The second kappa shape index (κ2) is 13.5. The fraction of sp³-hybridized carbons (Fsp3) is 0.333. The zero-order chi connectivity index (χ0) is 25.5. The Morgan fingerprint density at radius 1 is 0.632 bits per heavy atom. The molecule has 0 heterocycles. The first-order chi connectivity index (χ1) is 16.6. The van der Waals surface area contributed by atoms with Crippen LogP contribution >= 0.6 is 0 Å². The van der Waals surface area contributed by atoms with Crippen molar-refractivity contribution in [1.29, 1.82) is 0 Å². The third-order valence-corrected chi connectivity index (χ3v) is 16.1. The van der Waals surface area contributed by atoms with Crippen molar-refractivity contribution in [3.8, 4) is 0 Å². The maximum Gasteiger partial charge on any atom is -1.00 e. The quantitative estimate of drug-likeness (QED) is 0.219. The summed E-state index contributed by atoms with van der Waals surface area (Å²) >= 11 is 2.41. The monoisotopic (exact) mass is 616 g/mol. The van der Waals surface area contributed by atoms with Gasteiger partial charge in [-0.15, -0.1) is 0 Å². The molecule has 0 bridgehead atoms. The van der Waals surface area contributed by atoms with Gasteiger partial charge in [0, 0.05) is 0 Å². The Bertz CT molecular complexity index is 1280. The van der Waals surface area contributed by atoms with E-state index >= 15 is 0 Å². The molecule has 38 heavy (non-hydrogen) atoms. The SMILES string of the molecule is CCc1cc(CC)cc([Si](c2ccccc2)(c2cc(C)cc(C)c2)C2(C)C(C)=C(C)C(C)=[C]2[Ti+3])c1.[Cl-].[Cl-].[Cl-]. The maximum atomic E-state index is 2.57. The van der Waals surface area contributed by atoms with Crippen LogP contribution in [0.4, 0.5) is 0 Å². The molecule has 0 N–H and O–H groups in total. The van der Waals surface area contributed by atoms with Gasteiger partial charge >= 0.3 is 227 Å². The molecule has 0 amide bonds. The summed E-state index contributed by atoms with van der Waals surface area (Å²) in [6, 6.07) is 26.4. The average Bonchev–Trinajstić information content (AvgIpc) is 3.00. The summed E-state index contributed by atoms with van der Waals surface area (Å²) in [6.45, 7) is 18.8. The molecule has 0 nitrogen and oxygen atoms in total. The number of hydrogen-bond donors (Lipinski definition) is 0. The zero-order valence-corrected chi connectivity index (χ0v) is 28.7. The van der Waals surface area contributed by atoms with Gasteiger partial charge in [0.15, 0.2) is 0 Å². The van der Waals surface area contributed by atoms with E-state index in [9.17, 15) is 0 Å². The Hall–Kier alpha value is -1.06. The second-order valence-electron chi connectivity index (χ2n) is 10.6. The van der Waals surface area contributed by atoms with Crippen molar-refractivity contribution in [2.24, 2.45) is 0 Å². The summed E-state index contributed by atoms with van der Waals surface area (Å²) in [6.07, 6.45) is 2.12. The third kappa shape index (κ3) is 5.45. The van der Waals surface area contributed by atoms with Gasteiger partial charge in [0.05, 0.1) is 0 Å². The van der Waals surface area contributed by atoms with E-state index < -0.39 is 8.07 Å². The summed E-state index contributed by atoms with van der Waals surface area (Å²) in [4.78, 5) is 0. The van der Waals surface area contributed by atoms with Crippen molar-refractivity contribution < 1.29 is 57.7 Å². The van der Waals surface area contributed by atoms with Gasteiger partial charge in [0.25, 0.3) is 0 Å². The van der Waals surface area contributed by atoms with E-state index in [2.05, 4.69) is 143 Å². The average molecular weight is 618 g/mol. The predicted molar refractivity (Wildman–Crippen MR) is 152 cm³/mol. The van der Waals surface area contributed by atoms with E-state index in [-0.39, 0.29) is 42.3 Å². The van der Waals surface area contributed by atoms with Crippen molar-refractivity contribution in [3.05, 3.63) is 110 Å². The molecule has 0 aliphatic heterocycles. The molecule has 200 valence electrons. The van der Waals surface area contributed by atoms with Crippen LogP contribution in [0.1, 0.15) is 63.8 Å². The van der Waals surface area contributed by atoms with Crippen LogP contribution in [0.25, 0.3) is 0 Å². The summed E-state index contributed by atoms with van der Waals surface area (Å²) < 4.78 is 1.54. The van der Waals surface area contributed by atoms with Crippen molar-refractivity contribution in [2.45, 2.75) is 73.3 Å². The predicted octanol–water partition coefficient (Wildman–Crippen LogP) is -2.16. The molecule has 3 aromatic rings. The maximum absolute atomic E-state index is 2.60. The minimum absolute atomic E-state index is 0. The van der Waals surface area contributed by atoms with Crippen molar-refractivity contribution in [1.82, 2.24) is 0 Å². The van der Waals surface area contributed by atoms with E-state index in [1.165, 1.54) is 43.8 Å². The van der Waals surface area contributed by atoms with E-state index in [1.807, 2.05) is 0 Å². The molecule has 3 aromatic carbocycles. The van der Waals surface area contributed by atoms with Gasteiger partial charge in [-0.3, -0.25) is 0 Å². The van der Waals surface area contributed by atoms with Crippen molar-refractivity contribution in [2.75, 3.05) is 0 Å². The molecule has 4 rings (SSSR count). The Labute approximate surface area is 262 Å². The number of halogens is 3. The molecular formula is C33H39Cl3SiTi. The topological polar surface area (TPSA) is 0 Å². The van der Waals surface area contributed by atoms with Crippen LogP contribution in [0.3, 0.4) is 0 Å². The number of hydrogen-bond acceptors (Lipinski definition) is 0. The molecule has 2 atom stereocenters. The largest absolute Gasteiger partial charge is 1.00 e. The molecule has 0 radical (unpaired) electrons. The Kier molecular flexibility index (Phi) is 12.5. The smallest absolute Gasteiger partial charge is 1.00 e. The van der Waals surface area contributed by atoms with Crippen LogP contribution in [-0.4, -0.2) is 8.07 Å². The fourth-order valence-corrected chi connectivity index (χ4v) is 14.4. The number of allylic oxidation sites excluding steroid dienone is 4. The van der Waals surface area contributed by atoms with Crippen LogP contribution in [0.15, 0.2) is 87.3 Å². The Balaban J connectivity index is 0.00000241. The van der Waals surface area contributed by atoms with Crippen LogP contribution in [0.2, 0.25) is 5.04 Å². The molecule has 0 aromatic heterocycles. The first kappa shape index (κ1) is 35.0. The first-order valence-corrected chi connectivity index (χ1v) is 15.8. The van der Waals surface area contributed by atoms with E-state index in [4.69, 9.17) is 0 Å². The van der Waals surface area contributed by atoms with Crippen LogP contribution in [-0.2, 0) is 33.3 Å². The van der Waals surface area contributed by atoms with Gasteiger partial charge in [-0.2, -0.15) is 0 Å². The van der Waals surface area contributed by atoms with Crippen LogP contribution < -0.4 is 52.8 Å². The van der Waals surface area contributed by atoms with E-state index in [0.29, 0.717) is 0 Å².